The van der Waals surface area contributed by atoms with Crippen molar-refractivity contribution in [1.29, 1.82) is 0 Å². The summed E-state index contributed by atoms with van der Waals surface area (Å²) in [6, 6.07) is 18.2. The summed E-state index contributed by atoms with van der Waals surface area (Å²) in [5, 5.41) is 6.42. The second kappa shape index (κ2) is 9.03. The molecule has 10 nitrogen and oxygen atoms in total. The quantitative estimate of drug-likeness (QED) is 0.367. The molecule has 37 heavy (non-hydrogen) atoms. The van der Waals surface area contributed by atoms with E-state index in [1.165, 1.54) is 30.3 Å². The third-order valence-corrected chi connectivity index (χ3v) is 7.31. The van der Waals surface area contributed by atoms with Gasteiger partial charge in [0.15, 0.2) is 0 Å². The first-order chi connectivity index (χ1) is 17.7. The summed E-state index contributed by atoms with van der Waals surface area (Å²) >= 11 is 0. The van der Waals surface area contributed by atoms with Crippen molar-refractivity contribution in [2.45, 2.75) is 18.7 Å². The second-order valence-corrected chi connectivity index (χ2v) is 10.0. The van der Waals surface area contributed by atoms with E-state index >= 15 is 0 Å². The summed E-state index contributed by atoms with van der Waals surface area (Å²) < 4.78 is 32.7. The van der Waals surface area contributed by atoms with E-state index in [9.17, 15) is 22.8 Å². The van der Waals surface area contributed by atoms with Gasteiger partial charge in [-0.1, -0.05) is 23.4 Å². The Morgan fingerprint density at radius 1 is 0.892 bits per heavy atom. The zero-order chi connectivity index (χ0) is 26.3. The van der Waals surface area contributed by atoms with Gasteiger partial charge in [0, 0.05) is 16.8 Å². The number of anilines is 3. The van der Waals surface area contributed by atoms with Gasteiger partial charge in [0.25, 0.3) is 27.7 Å². The Morgan fingerprint density at radius 2 is 1.54 bits per heavy atom. The molecular weight excluding hydrogens is 496 g/mol. The molecule has 0 unspecified atom stereocenters. The lowest BCUT2D eigenvalue weighted by atomic mass is 10.1. The molecular formula is C26H20N4O6S. The number of aromatic nitrogens is 1. The first-order valence-corrected chi connectivity index (χ1v) is 12.6. The van der Waals surface area contributed by atoms with Gasteiger partial charge in [0.1, 0.15) is 0 Å². The van der Waals surface area contributed by atoms with Gasteiger partial charge in [-0.05, 0) is 68.4 Å². The van der Waals surface area contributed by atoms with Crippen molar-refractivity contribution in [2.75, 3.05) is 14.9 Å². The van der Waals surface area contributed by atoms with Crippen molar-refractivity contribution in [1.82, 2.24) is 5.16 Å². The van der Waals surface area contributed by atoms with E-state index < -0.39 is 27.7 Å². The molecule has 186 valence electrons. The van der Waals surface area contributed by atoms with Crippen LogP contribution in [0.25, 0.3) is 0 Å². The van der Waals surface area contributed by atoms with Gasteiger partial charge in [0.05, 0.1) is 27.4 Å². The van der Waals surface area contributed by atoms with E-state index in [4.69, 9.17) is 4.52 Å². The first kappa shape index (κ1) is 23.9. The van der Waals surface area contributed by atoms with Gasteiger partial charge in [-0.2, -0.15) is 0 Å². The van der Waals surface area contributed by atoms with Crippen LogP contribution in [0.3, 0.4) is 0 Å². The summed E-state index contributed by atoms with van der Waals surface area (Å²) in [5.74, 6) is -1.38. The van der Waals surface area contributed by atoms with Crippen molar-refractivity contribution in [3.8, 4) is 0 Å². The topological polar surface area (TPSA) is 139 Å². The van der Waals surface area contributed by atoms with Gasteiger partial charge < -0.3 is 9.84 Å². The minimum Gasteiger partial charge on any atom is -0.337 e. The lowest BCUT2D eigenvalue weighted by Gasteiger charge is -2.15. The highest BCUT2D eigenvalue weighted by Crippen LogP contribution is 2.29. The minimum atomic E-state index is -3.93. The van der Waals surface area contributed by atoms with Crippen LogP contribution in [0.15, 0.2) is 82.2 Å². The molecule has 1 aliphatic heterocycles. The Labute approximate surface area is 211 Å². The maximum atomic E-state index is 12.9. The van der Waals surface area contributed by atoms with E-state index in [2.05, 4.69) is 15.2 Å². The van der Waals surface area contributed by atoms with E-state index in [-0.39, 0.29) is 22.0 Å². The molecule has 1 aromatic heterocycles. The number of carbonyl (C=O) groups excluding carboxylic acids is 3. The number of benzene rings is 3. The highest BCUT2D eigenvalue weighted by molar-refractivity contribution is 7.92. The Balaban J connectivity index is 1.31. The van der Waals surface area contributed by atoms with Gasteiger partial charge in [-0.3, -0.25) is 14.4 Å². The summed E-state index contributed by atoms with van der Waals surface area (Å²) in [6.07, 6.45) is 0. The molecule has 4 aromatic rings. The summed E-state index contributed by atoms with van der Waals surface area (Å²) in [7, 11) is -3.93. The number of nitrogens with one attached hydrogen (secondary N) is 2. The molecule has 3 aromatic carbocycles. The van der Waals surface area contributed by atoms with Crippen LogP contribution in [0.2, 0.25) is 0 Å². The van der Waals surface area contributed by atoms with Crippen molar-refractivity contribution in [3.05, 3.63) is 101 Å². The van der Waals surface area contributed by atoms with Gasteiger partial charge in [-0.15, -0.1) is 0 Å². The summed E-state index contributed by atoms with van der Waals surface area (Å²) in [4.78, 5) is 39.4. The number of hydrogen-bond acceptors (Lipinski definition) is 7. The smallest absolute Gasteiger partial charge is 0.266 e. The van der Waals surface area contributed by atoms with Crippen LogP contribution in [0, 0.1) is 13.8 Å². The van der Waals surface area contributed by atoms with Crippen molar-refractivity contribution in [3.63, 3.8) is 0 Å². The molecule has 0 aliphatic carbocycles. The molecule has 0 saturated heterocycles. The number of amides is 3. The zero-order valence-corrected chi connectivity index (χ0v) is 20.5. The SMILES string of the molecule is Cc1noc(NS(=O)(=O)c2ccc(NC(=O)c3cccc(N4C(=O)c5ccccc5C4=O)c3)cc2)c1C. The summed E-state index contributed by atoms with van der Waals surface area (Å²) in [6.45, 7) is 3.38. The maximum Gasteiger partial charge on any atom is 0.266 e. The molecule has 2 heterocycles. The van der Waals surface area contributed by atoms with Gasteiger partial charge >= 0.3 is 0 Å². The molecule has 0 spiro atoms. The van der Waals surface area contributed by atoms with Crippen LogP contribution in [0.1, 0.15) is 42.3 Å². The van der Waals surface area contributed by atoms with E-state index in [0.29, 0.717) is 28.1 Å². The molecule has 0 fully saturated rings. The van der Waals surface area contributed by atoms with Crippen molar-refractivity contribution < 1.29 is 27.3 Å². The van der Waals surface area contributed by atoms with Crippen LogP contribution in [0.5, 0.6) is 0 Å². The second-order valence-electron chi connectivity index (χ2n) is 8.35. The number of carbonyl (C=O) groups is 3. The lowest BCUT2D eigenvalue weighted by Crippen LogP contribution is -2.29. The average Bonchev–Trinajstić information content (AvgIpc) is 3.34. The molecule has 0 bridgehead atoms. The monoisotopic (exact) mass is 516 g/mol. The van der Waals surface area contributed by atoms with Crippen molar-refractivity contribution >= 4 is 45.0 Å². The molecule has 5 rings (SSSR count). The fraction of sp³-hybridized carbons (Fsp3) is 0.0769. The normalized spacial score (nSPS) is 13.0. The van der Waals surface area contributed by atoms with E-state index in [1.54, 1.807) is 56.3 Å². The molecule has 0 radical (unpaired) electrons. The third kappa shape index (κ3) is 4.36. The Morgan fingerprint density at radius 3 is 2.14 bits per heavy atom. The lowest BCUT2D eigenvalue weighted by molar-refractivity contribution is 0.0924. The van der Waals surface area contributed by atoms with Crippen LogP contribution in [-0.4, -0.2) is 31.3 Å². The fourth-order valence-electron chi connectivity index (χ4n) is 3.82. The predicted octanol–water partition coefficient (Wildman–Crippen LogP) is 4.15. The van der Waals surface area contributed by atoms with E-state index in [1.807, 2.05) is 0 Å². The highest BCUT2D eigenvalue weighted by atomic mass is 32.2. The Kier molecular flexibility index (Phi) is 5.84. The van der Waals surface area contributed by atoms with E-state index in [0.717, 1.165) is 4.90 Å². The third-order valence-electron chi connectivity index (χ3n) is 5.97. The number of fused-ring (bicyclic) bond motifs is 1. The average molecular weight is 517 g/mol. The minimum absolute atomic E-state index is 0.0350. The van der Waals surface area contributed by atoms with Crippen molar-refractivity contribution in [2.24, 2.45) is 0 Å². The summed E-state index contributed by atoms with van der Waals surface area (Å²) in [5.41, 5.74) is 2.59. The van der Waals surface area contributed by atoms with Crippen LogP contribution in [-0.2, 0) is 10.0 Å². The molecule has 1 aliphatic rings. The van der Waals surface area contributed by atoms with Gasteiger partial charge in [0.2, 0.25) is 5.88 Å². The Bertz CT molecular complexity index is 1640. The molecule has 3 amide bonds. The number of aryl methyl sites for hydroxylation is 1. The molecule has 2 N–H and O–H groups in total. The van der Waals surface area contributed by atoms with Crippen LogP contribution >= 0.6 is 0 Å². The maximum absolute atomic E-state index is 12.9. The first-order valence-electron chi connectivity index (χ1n) is 11.1. The number of sulfonamides is 1. The zero-order valence-electron chi connectivity index (χ0n) is 19.7. The van der Waals surface area contributed by atoms with Crippen LogP contribution < -0.4 is 14.9 Å². The molecule has 0 saturated carbocycles. The van der Waals surface area contributed by atoms with Gasteiger partial charge in [-0.25, -0.2) is 18.0 Å². The number of rotatable bonds is 6. The predicted molar refractivity (Wildman–Crippen MR) is 135 cm³/mol. The standard InChI is InChI=1S/C26H20N4O6S/c1-15-16(2)28-36-24(15)29-37(34,35)20-12-10-18(11-13-20)27-23(31)17-6-5-7-19(14-17)30-25(32)21-8-3-4-9-22(21)26(30)33/h3-14,29H,1-2H3,(H,27,31). The fourth-order valence-corrected chi connectivity index (χ4v) is 4.87. The molecule has 11 heteroatoms. The Hall–Kier alpha value is -4.77. The van der Waals surface area contributed by atoms with Crippen LogP contribution in [0.4, 0.5) is 17.3 Å². The number of hydrogen-bond donors (Lipinski definition) is 2. The number of nitrogens with zero attached hydrogens (tertiary/aromatic N) is 2. The molecule has 0 atom stereocenters. The number of imide groups is 1. The highest BCUT2D eigenvalue weighted by Gasteiger charge is 2.36. The largest absolute Gasteiger partial charge is 0.337 e.